The van der Waals surface area contributed by atoms with Crippen molar-refractivity contribution in [3.8, 4) is 5.75 Å². The Kier molecular flexibility index (Phi) is 1.13. The molecule has 0 radical (unpaired) electrons. The van der Waals surface area contributed by atoms with E-state index in [0.29, 0.717) is 0 Å². The van der Waals surface area contributed by atoms with Crippen LogP contribution in [0.5, 0.6) is 5.75 Å². The first-order chi connectivity index (χ1) is 6.91. The fourth-order valence-electron chi connectivity index (χ4n) is 0.605. The van der Waals surface area contributed by atoms with Gasteiger partial charge in [-0.2, -0.15) is 0 Å². The van der Waals surface area contributed by atoms with E-state index in [1.165, 1.54) is 14.0 Å². The Labute approximate surface area is 71.4 Å². The molecule has 0 saturated carbocycles. The number of carbonyl (C=O) groups excluding carboxylic acids is 1. The Balaban J connectivity index is 3.68. The predicted octanol–water partition coefficient (Wildman–Crippen LogP) is 1.90. The summed E-state index contributed by atoms with van der Waals surface area (Å²) in [5.41, 5.74) is -0.173. The number of hydrogen-bond acceptors (Lipinski definition) is 2. The lowest BCUT2D eigenvalue weighted by atomic mass is 10.1. The second-order valence-corrected chi connectivity index (χ2v) is 1.96. The quantitative estimate of drug-likeness (QED) is 0.608. The van der Waals surface area contributed by atoms with Crippen LogP contribution in [0.3, 0.4) is 0 Å². The highest BCUT2D eigenvalue weighted by Crippen LogP contribution is 2.12. The smallest absolute Gasteiger partial charge is 0.159 e. The molecule has 0 atom stereocenters. The van der Waals surface area contributed by atoms with E-state index in [-0.39, 0.29) is 23.4 Å². The molecule has 0 N–H and O–H groups in total. The SMILES string of the molecule is [2H]c1c([2H])c(OC)c([2H])c(C(C)=O)c1[2H]. The third kappa shape index (κ3) is 1.80. The van der Waals surface area contributed by atoms with Crippen molar-refractivity contribution in [2.24, 2.45) is 0 Å². The summed E-state index contributed by atoms with van der Waals surface area (Å²) in [6, 6.07) is -1.42. The maximum atomic E-state index is 11.2. The minimum Gasteiger partial charge on any atom is -0.497 e. The minimum atomic E-state index is -0.475. The van der Waals surface area contributed by atoms with Crippen LogP contribution in [0.1, 0.15) is 22.8 Å². The van der Waals surface area contributed by atoms with Gasteiger partial charge < -0.3 is 4.74 Å². The second-order valence-electron chi connectivity index (χ2n) is 1.96. The lowest BCUT2D eigenvalue weighted by molar-refractivity contribution is 0.101. The zero-order valence-corrected chi connectivity index (χ0v) is 6.32. The lowest BCUT2D eigenvalue weighted by Gasteiger charge is -1.99. The minimum absolute atomic E-state index is 0.138. The van der Waals surface area contributed by atoms with Crippen LogP contribution in [-0.2, 0) is 0 Å². The normalized spacial score (nSPS) is 14.4. The van der Waals surface area contributed by atoms with E-state index >= 15 is 0 Å². The summed E-state index contributed by atoms with van der Waals surface area (Å²) in [6.07, 6.45) is 0. The second kappa shape index (κ2) is 3.19. The number of Topliss-reactive ketones (excluding diaryl/α,β-unsaturated/α-hetero) is 1. The van der Waals surface area contributed by atoms with Gasteiger partial charge in [-0.3, -0.25) is 4.79 Å². The number of rotatable bonds is 2. The van der Waals surface area contributed by atoms with Gasteiger partial charge in [-0.05, 0) is 19.0 Å². The van der Waals surface area contributed by atoms with Gasteiger partial charge in [0.15, 0.2) is 5.78 Å². The summed E-state index contributed by atoms with van der Waals surface area (Å²) in [4.78, 5) is 11.2. The van der Waals surface area contributed by atoms with E-state index in [1.54, 1.807) is 0 Å². The maximum absolute atomic E-state index is 11.2. The fraction of sp³-hybridized carbons (Fsp3) is 0.222. The van der Waals surface area contributed by atoms with E-state index in [4.69, 9.17) is 10.2 Å². The largest absolute Gasteiger partial charge is 0.497 e. The van der Waals surface area contributed by atoms with E-state index in [9.17, 15) is 4.79 Å². The Bertz CT molecular complexity index is 429. The van der Waals surface area contributed by atoms with Gasteiger partial charge in [0.05, 0.1) is 12.6 Å². The van der Waals surface area contributed by atoms with Gasteiger partial charge in [-0.15, -0.1) is 0 Å². The fourth-order valence-corrected chi connectivity index (χ4v) is 0.605. The van der Waals surface area contributed by atoms with E-state index < -0.39 is 17.9 Å². The zero-order chi connectivity index (χ0) is 11.7. The molecule has 0 saturated heterocycles. The highest BCUT2D eigenvalue weighted by molar-refractivity contribution is 5.94. The van der Waals surface area contributed by atoms with Crippen LogP contribution < -0.4 is 4.74 Å². The van der Waals surface area contributed by atoms with Crippen molar-refractivity contribution < 1.29 is 15.0 Å². The van der Waals surface area contributed by atoms with Crippen LogP contribution in [0.4, 0.5) is 0 Å². The summed E-state index contributed by atoms with van der Waals surface area (Å²) in [5.74, 6) is -0.613. The van der Waals surface area contributed by atoms with Crippen LogP contribution in [-0.4, -0.2) is 12.9 Å². The molecule has 1 rings (SSSR count). The van der Waals surface area contributed by atoms with Crippen LogP contribution in [0.25, 0.3) is 0 Å². The first-order valence-corrected chi connectivity index (χ1v) is 3.07. The van der Waals surface area contributed by atoms with Crippen molar-refractivity contribution in [2.75, 3.05) is 7.11 Å². The molecule has 0 aliphatic rings. The Morgan fingerprint density at radius 3 is 2.91 bits per heavy atom. The van der Waals surface area contributed by atoms with E-state index in [1.807, 2.05) is 0 Å². The van der Waals surface area contributed by atoms with Gasteiger partial charge in [-0.1, -0.05) is 12.1 Å². The van der Waals surface area contributed by atoms with Crippen molar-refractivity contribution in [1.29, 1.82) is 0 Å². The molecule has 2 heteroatoms. The highest BCUT2D eigenvalue weighted by Gasteiger charge is 1.98. The number of benzene rings is 1. The first-order valence-electron chi connectivity index (χ1n) is 5.07. The van der Waals surface area contributed by atoms with Crippen LogP contribution in [0.15, 0.2) is 24.2 Å². The summed E-state index contributed by atoms with van der Waals surface area (Å²) >= 11 is 0. The number of hydrogen-bond donors (Lipinski definition) is 0. The summed E-state index contributed by atoms with van der Waals surface area (Å²) < 4.78 is 34.7. The molecular weight excluding hydrogens is 140 g/mol. The first kappa shape index (κ1) is 3.90. The van der Waals surface area contributed by atoms with Gasteiger partial charge in [0, 0.05) is 5.56 Å². The van der Waals surface area contributed by atoms with Crippen molar-refractivity contribution in [3.05, 3.63) is 29.7 Å². The molecule has 1 aromatic carbocycles. The zero-order valence-electron chi connectivity index (χ0n) is 10.3. The monoisotopic (exact) mass is 154 g/mol. The maximum Gasteiger partial charge on any atom is 0.159 e. The molecule has 0 bridgehead atoms. The molecule has 0 fully saturated rings. The average molecular weight is 154 g/mol. The molecule has 0 unspecified atom stereocenters. The molecular formula is C9H10O2. The summed E-state index contributed by atoms with van der Waals surface area (Å²) in [7, 11) is 1.26. The molecule has 0 aromatic heterocycles. The highest BCUT2D eigenvalue weighted by atomic mass is 16.5. The molecule has 0 aliphatic carbocycles. The Hall–Kier alpha value is -1.31. The number of methoxy groups -OCH3 is 1. The lowest BCUT2D eigenvalue weighted by Crippen LogP contribution is -1.92. The van der Waals surface area contributed by atoms with Gasteiger partial charge in [0.2, 0.25) is 0 Å². The third-order valence-corrected chi connectivity index (χ3v) is 1.16. The summed E-state index contributed by atoms with van der Waals surface area (Å²) in [5, 5.41) is 0. The predicted molar refractivity (Wildman–Crippen MR) is 43.0 cm³/mol. The number of ketones is 1. The van der Waals surface area contributed by atoms with Crippen LogP contribution >= 0.6 is 0 Å². The average Bonchev–Trinajstić information content (AvgIpc) is 2.15. The molecule has 0 amide bonds. The molecule has 1 aromatic rings. The van der Waals surface area contributed by atoms with Crippen LogP contribution in [0, 0.1) is 0 Å². The number of carbonyl (C=O) groups is 1. The molecule has 2 nitrogen and oxygen atoms in total. The van der Waals surface area contributed by atoms with E-state index in [2.05, 4.69) is 0 Å². The van der Waals surface area contributed by atoms with Crippen LogP contribution in [0.2, 0.25) is 0 Å². The van der Waals surface area contributed by atoms with Crippen molar-refractivity contribution in [2.45, 2.75) is 6.92 Å². The number of ether oxygens (including phenoxy) is 1. The molecule has 0 heterocycles. The Morgan fingerprint density at radius 2 is 2.36 bits per heavy atom. The Morgan fingerprint density at radius 1 is 1.64 bits per heavy atom. The van der Waals surface area contributed by atoms with Gasteiger partial charge in [0.1, 0.15) is 5.75 Å². The van der Waals surface area contributed by atoms with Gasteiger partial charge in [-0.25, -0.2) is 0 Å². The van der Waals surface area contributed by atoms with E-state index in [0.717, 1.165) is 0 Å². The molecule has 11 heavy (non-hydrogen) atoms. The third-order valence-electron chi connectivity index (χ3n) is 1.16. The molecule has 58 valence electrons. The van der Waals surface area contributed by atoms with Gasteiger partial charge in [0.25, 0.3) is 0 Å². The summed E-state index contributed by atoms with van der Waals surface area (Å²) in [6.45, 7) is 1.22. The van der Waals surface area contributed by atoms with Crippen molar-refractivity contribution in [3.63, 3.8) is 0 Å². The topological polar surface area (TPSA) is 26.3 Å². The van der Waals surface area contributed by atoms with Gasteiger partial charge >= 0.3 is 0 Å². The van der Waals surface area contributed by atoms with Crippen molar-refractivity contribution >= 4 is 5.78 Å². The standard InChI is InChI=1S/C9H10O2/c1-7(10)8-4-3-5-9(6-8)11-2/h3-6H,1-2H3/i3D,4D,5D,6D. The molecule has 0 aliphatic heterocycles. The molecule has 0 spiro atoms. The van der Waals surface area contributed by atoms with Crippen molar-refractivity contribution in [1.82, 2.24) is 0 Å².